The van der Waals surface area contributed by atoms with Crippen molar-refractivity contribution in [3.8, 4) is 0 Å². The van der Waals surface area contributed by atoms with E-state index in [0.29, 0.717) is 0 Å². The Labute approximate surface area is 107 Å². The SMILES string of the molecule is Cc1cc(C(O)C(C)c2ccccc2)c(C)s1. The second-order valence-corrected chi connectivity index (χ2v) is 5.97. The van der Waals surface area contributed by atoms with E-state index in [0.717, 1.165) is 5.56 Å². The molecule has 0 bridgehead atoms. The summed E-state index contributed by atoms with van der Waals surface area (Å²) in [5, 5.41) is 10.4. The molecule has 0 saturated heterocycles. The lowest BCUT2D eigenvalue weighted by Crippen LogP contribution is -2.07. The Morgan fingerprint density at radius 1 is 1.12 bits per heavy atom. The molecule has 90 valence electrons. The van der Waals surface area contributed by atoms with Crippen LogP contribution in [0.15, 0.2) is 36.4 Å². The quantitative estimate of drug-likeness (QED) is 0.860. The highest BCUT2D eigenvalue weighted by Crippen LogP contribution is 2.35. The van der Waals surface area contributed by atoms with Gasteiger partial charge in [-0.3, -0.25) is 0 Å². The molecule has 0 aliphatic carbocycles. The van der Waals surface area contributed by atoms with Crippen LogP contribution in [0.1, 0.15) is 39.8 Å². The van der Waals surface area contributed by atoms with Crippen molar-refractivity contribution >= 4 is 11.3 Å². The van der Waals surface area contributed by atoms with Crippen LogP contribution in [-0.2, 0) is 0 Å². The molecule has 0 fully saturated rings. The monoisotopic (exact) mass is 246 g/mol. The molecule has 0 amide bonds. The zero-order chi connectivity index (χ0) is 12.4. The Hall–Kier alpha value is -1.12. The Balaban J connectivity index is 2.26. The predicted molar refractivity (Wildman–Crippen MR) is 73.6 cm³/mol. The van der Waals surface area contributed by atoms with Gasteiger partial charge in [-0.2, -0.15) is 0 Å². The Kier molecular flexibility index (Phi) is 3.65. The van der Waals surface area contributed by atoms with E-state index in [2.05, 4.69) is 39.0 Å². The molecule has 0 aliphatic heterocycles. The third kappa shape index (κ3) is 2.59. The molecule has 1 N–H and O–H groups in total. The van der Waals surface area contributed by atoms with Crippen molar-refractivity contribution in [1.82, 2.24) is 0 Å². The molecule has 1 heterocycles. The summed E-state index contributed by atoms with van der Waals surface area (Å²) in [4.78, 5) is 2.48. The summed E-state index contributed by atoms with van der Waals surface area (Å²) in [6, 6.07) is 12.3. The molecule has 17 heavy (non-hydrogen) atoms. The van der Waals surface area contributed by atoms with Crippen LogP contribution in [0.25, 0.3) is 0 Å². The summed E-state index contributed by atoms with van der Waals surface area (Å²) in [6.45, 7) is 6.24. The summed E-state index contributed by atoms with van der Waals surface area (Å²) < 4.78 is 0. The van der Waals surface area contributed by atoms with Gasteiger partial charge in [0.1, 0.15) is 0 Å². The van der Waals surface area contributed by atoms with E-state index in [-0.39, 0.29) is 5.92 Å². The number of aryl methyl sites for hydroxylation is 2. The molecule has 0 saturated carbocycles. The fourth-order valence-electron chi connectivity index (χ4n) is 2.15. The van der Waals surface area contributed by atoms with Gasteiger partial charge in [-0.25, -0.2) is 0 Å². The van der Waals surface area contributed by atoms with E-state index in [1.807, 2.05) is 18.2 Å². The summed E-state index contributed by atoms with van der Waals surface area (Å²) in [5.41, 5.74) is 2.26. The van der Waals surface area contributed by atoms with Gasteiger partial charge in [0, 0.05) is 15.7 Å². The maximum atomic E-state index is 10.4. The maximum absolute atomic E-state index is 10.4. The molecular formula is C15H18OS. The lowest BCUT2D eigenvalue weighted by Gasteiger charge is -2.19. The molecular weight excluding hydrogens is 228 g/mol. The lowest BCUT2D eigenvalue weighted by atomic mass is 9.91. The van der Waals surface area contributed by atoms with Crippen LogP contribution in [0.2, 0.25) is 0 Å². The van der Waals surface area contributed by atoms with Crippen LogP contribution in [0.4, 0.5) is 0 Å². The molecule has 1 nitrogen and oxygen atoms in total. The first-order valence-corrected chi connectivity index (χ1v) is 6.71. The van der Waals surface area contributed by atoms with Crippen LogP contribution in [0.3, 0.4) is 0 Å². The van der Waals surface area contributed by atoms with Gasteiger partial charge in [-0.05, 0) is 31.0 Å². The van der Waals surface area contributed by atoms with Crippen LogP contribution in [-0.4, -0.2) is 5.11 Å². The van der Waals surface area contributed by atoms with Crippen molar-refractivity contribution in [3.05, 3.63) is 57.3 Å². The minimum absolute atomic E-state index is 0.129. The molecule has 2 heteroatoms. The van der Waals surface area contributed by atoms with Crippen molar-refractivity contribution in [2.75, 3.05) is 0 Å². The predicted octanol–water partition coefficient (Wildman–Crippen LogP) is 4.20. The summed E-state index contributed by atoms with van der Waals surface area (Å²) in [7, 11) is 0. The number of hydrogen-bond acceptors (Lipinski definition) is 2. The van der Waals surface area contributed by atoms with E-state index >= 15 is 0 Å². The van der Waals surface area contributed by atoms with Gasteiger partial charge in [-0.1, -0.05) is 37.3 Å². The Morgan fingerprint density at radius 2 is 1.76 bits per heavy atom. The first-order chi connectivity index (χ1) is 8.09. The van der Waals surface area contributed by atoms with Gasteiger partial charge >= 0.3 is 0 Å². The van der Waals surface area contributed by atoms with Crippen LogP contribution in [0.5, 0.6) is 0 Å². The molecule has 0 spiro atoms. The molecule has 1 aromatic carbocycles. The number of aliphatic hydroxyl groups excluding tert-OH is 1. The van der Waals surface area contributed by atoms with E-state index < -0.39 is 6.10 Å². The summed E-state index contributed by atoms with van der Waals surface area (Å²) in [5.74, 6) is 0.129. The van der Waals surface area contributed by atoms with Gasteiger partial charge in [-0.15, -0.1) is 11.3 Å². The van der Waals surface area contributed by atoms with Crippen LogP contribution >= 0.6 is 11.3 Å². The summed E-state index contributed by atoms with van der Waals surface area (Å²) in [6.07, 6.45) is -0.414. The van der Waals surface area contributed by atoms with E-state index in [4.69, 9.17) is 0 Å². The number of thiophene rings is 1. The van der Waals surface area contributed by atoms with Gasteiger partial charge in [0.15, 0.2) is 0 Å². The zero-order valence-corrected chi connectivity index (χ0v) is 11.3. The first kappa shape index (κ1) is 12.3. The van der Waals surface area contributed by atoms with E-state index in [9.17, 15) is 5.11 Å². The average Bonchev–Trinajstić information content (AvgIpc) is 2.68. The zero-order valence-electron chi connectivity index (χ0n) is 10.5. The number of hydrogen-bond donors (Lipinski definition) is 1. The standard InChI is InChI=1S/C15H18OS/c1-10-9-14(12(3)17-10)15(16)11(2)13-7-5-4-6-8-13/h4-9,11,15-16H,1-3H3. The molecule has 2 atom stereocenters. The third-order valence-electron chi connectivity index (χ3n) is 3.20. The van der Waals surface area contributed by atoms with Gasteiger partial charge < -0.3 is 5.11 Å². The minimum Gasteiger partial charge on any atom is -0.388 e. The van der Waals surface area contributed by atoms with Crippen LogP contribution in [0, 0.1) is 13.8 Å². The highest BCUT2D eigenvalue weighted by atomic mass is 32.1. The minimum atomic E-state index is -0.414. The second-order valence-electron chi connectivity index (χ2n) is 4.51. The first-order valence-electron chi connectivity index (χ1n) is 5.89. The highest BCUT2D eigenvalue weighted by Gasteiger charge is 2.20. The molecule has 0 radical (unpaired) electrons. The lowest BCUT2D eigenvalue weighted by molar-refractivity contribution is 0.151. The van der Waals surface area contributed by atoms with Crippen molar-refractivity contribution in [2.45, 2.75) is 32.8 Å². The molecule has 1 aromatic heterocycles. The third-order valence-corrected chi connectivity index (χ3v) is 4.18. The number of benzene rings is 1. The van der Waals surface area contributed by atoms with E-state index in [1.54, 1.807) is 11.3 Å². The van der Waals surface area contributed by atoms with Gasteiger partial charge in [0.2, 0.25) is 0 Å². The van der Waals surface area contributed by atoms with Crippen molar-refractivity contribution in [2.24, 2.45) is 0 Å². The molecule has 0 aliphatic rings. The van der Waals surface area contributed by atoms with Gasteiger partial charge in [0.25, 0.3) is 0 Å². The summed E-state index contributed by atoms with van der Waals surface area (Å²) >= 11 is 1.75. The topological polar surface area (TPSA) is 20.2 Å². The normalized spacial score (nSPS) is 14.6. The van der Waals surface area contributed by atoms with E-state index in [1.165, 1.54) is 15.3 Å². The average molecular weight is 246 g/mol. The van der Waals surface area contributed by atoms with Crippen molar-refractivity contribution in [1.29, 1.82) is 0 Å². The largest absolute Gasteiger partial charge is 0.388 e. The maximum Gasteiger partial charge on any atom is 0.0866 e. The smallest absolute Gasteiger partial charge is 0.0866 e. The fraction of sp³-hybridized carbons (Fsp3) is 0.333. The number of aliphatic hydroxyl groups is 1. The van der Waals surface area contributed by atoms with Crippen molar-refractivity contribution < 1.29 is 5.11 Å². The Morgan fingerprint density at radius 3 is 2.29 bits per heavy atom. The molecule has 2 aromatic rings. The molecule has 2 unspecified atom stereocenters. The van der Waals surface area contributed by atoms with Gasteiger partial charge in [0.05, 0.1) is 6.10 Å². The fourth-order valence-corrected chi connectivity index (χ4v) is 3.12. The number of rotatable bonds is 3. The van der Waals surface area contributed by atoms with Crippen molar-refractivity contribution in [3.63, 3.8) is 0 Å². The highest BCUT2D eigenvalue weighted by molar-refractivity contribution is 7.12. The Bertz CT molecular complexity index is 487. The second kappa shape index (κ2) is 5.03. The van der Waals surface area contributed by atoms with Crippen LogP contribution < -0.4 is 0 Å². The molecule has 2 rings (SSSR count).